The van der Waals surface area contributed by atoms with Crippen LogP contribution in [0.3, 0.4) is 0 Å². The van der Waals surface area contributed by atoms with Crippen molar-refractivity contribution in [1.29, 1.82) is 0 Å². The molecule has 0 radical (unpaired) electrons. The van der Waals surface area contributed by atoms with Crippen molar-refractivity contribution in [3.63, 3.8) is 0 Å². The number of unbranched alkanes of at least 4 members (excludes halogenated alkanes) is 1. The number of amides is 2. The second-order valence-electron chi connectivity index (χ2n) is 6.78. The average molecular weight is 413 g/mol. The van der Waals surface area contributed by atoms with Gasteiger partial charge in [0.2, 0.25) is 5.91 Å². The van der Waals surface area contributed by atoms with Crippen LogP contribution in [0, 0.1) is 0 Å². The molecule has 1 heterocycles. The van der Waals surface area contributed by atoms with Gasteiger partial charge in [-0.2, -0.15) is 0 Å². The van der Waals surface area contributed by atoms with Gasteiger partial charge in [-0.1, -0.05) is 25.5 Å². The number of aryl methyl sites for hydroxylation is 1. The van der Waals surface area contributed by atoms with Gasteiger partial charge in [0.05, 0.1) is 11.3 Å². The summed E-state index contributed by atoms with van der Waals surface area (Å²) in [7, 11) is 0. The van der Waals surface area contributed by atoms with Gasteiger partial charge in [0, 0.05) is 22.8 Å². The number of carbonyl (C=O) groups is 3. The molecule has 6 nitrogen and oxygen atoms in total. The molecule has 0 saturated carbocycles. The van der Waals surface area contributed by atoms with Crippen LogP contribution in [0.2, 0.25) is 0 Å². The molecule has 0 fully saturated rings. The van der Waals surface area contributed by atoms with Crippen LogP contribution < -0.4 is 10.6 Å². The summed E-state index contributed by atoms with van der Waals surface area (Å²) in [6, 6.07) is 12.7. The van der Waals surface area contributed by atoms with E-state index in [1.165, 1.54) is 5.56 Å². The van der Waals surface area contributed by atoms with Crippen LogP contribution in [0.15, 0.2) is 47.4 Å². The number of carbonyl (C=O) groups excluding carboxylic acids is 3. The lowest BCUT2D eigenvalue weighted by Crippen LogP contribution is -2.21. The number of nitrogens with one attached hydrogen (secondary N) is 2. The third-order valence-corrected chi connectivity index (χ3v) is 5.54. The van der Waals surface area contributed by atoms with Crippen molar-refractivity contribution in [1.82, 2.24) is 0 Å². The van der Waals surface area contributed by atoms with Gasteiger partial charge in [0.1, 0.15) is 0 Å². The first kappa shape index (κ1) is 20.9. The molecular formula is C22H24N2O4S. The van der Waals surface area contributed by atoms with E-state index in [0.29, 0.717) is 29.1 Å². The number of hydrogen-bond donors (Lipinski definition) is 2. The summed E-state index contributed by atoms with van der Waals surface area (Å²) in [5.74, 6) is -0.399. The first-order chi connectivity index (χ1) is 14.0. The van der Waals surface area contributed by atoms with Gasteiger partial charge < -0.3 is 15.4 Å². The van der Waals surface area contributed by atoms with E-state index in [9.17, 15) is 14.4 Å². The van der Waals surface area contributed by atoms with Crippen molar-refractivity contribution in [3.05, 3.63) is 53.6 Å². The molecule has 1 aliphatic rings. The zero-order chi connectivity index (χ0) is 20.6. The highest BCUT2D eigenvalue weighted by atomic mass is 32.2. The van der Waals surface area contributed by atoms with Crippen molar-refractivity contribution in [2.45, 2.75) is 37.5 Å². The van der Waals surface area contributed by atoms with Crippen molar-refractivity contribution in [2.75, 3.05) is 23.0 Å². The number of ether oxygens (including phenoxy) is 1. The Hall–Kier alpha value is -2.80. The summed E-state index contributed by atoms with van der Waals surface area (Å²) < 4.78 is 5.12. The van der Waals surface area contributed by atoms with E-state index >= 15 is 0 Å². The fraction of sp³-hybridized carbons (Fsp3) is 0.318. The topological polar surface area (TPSA) is 84.5 Å². The summed E-state index contributed by atoms with van der Waals surface area (Å²) in [6.45, 7) is 1.77. The van der Waals surface area contributed by atoms with Crippen molar-refractivity contribution >= 4 is 40.9 Å². The van der Waals surface area contributed by atoms with E-state index in [2.05, 4.69) is 17.6 Å². The summed E-state index contributed by atoms with van der Waals surface area (Å²) in [5.41, 5.74) is 2.78. The minimum absolute atomic E-state index is 0.0816. The SMILES string of the molecule is CCCCc1ccc(NC(=O)COC(=O)c2ccc3c(c2)NC(=O)CCS3)cc1. The molecule has 0 aromatic heterocycles. The van der Waals surface area contributed by atoms with Crippen LogP contribution >= 0.6 is 11.8 Å². The second kappa shape index (κ2) is 10.1. The van der Waals surface area contributed by atoms with Crippen molar-refractivity contribution in [2.24, 2.45) is 0 Å². The lowest BCUT2D eigenvalue weighted by atomic mass is 10.1. The molecule has 0 spiro atoms. The molecule has 7 heteroatoms. The van der Waals surface area contributed by atoms with Gasteiger partial charge in [0.25, 0.3) is 5.91 Å². The number of hydrogen-bond acceptors (Lipinski definition) is 5. The smallest absolute Gasteiger partial charge is 0.338 e. The van der Waals surface area contributed by atoms with E-state index in [-0.39, 0.29) is 12.5 Å². The monoisotopic (exact) mass is 412 g/mol. The van der Waals surface area contributed by atoms with Gasteiger partial charge in [-0.05, 0) is 48.7 Å². The molecule has 0 bridgehead atoms. The quantitative estimate of drug-likeness (QED) is 0.664. The van der Waals surface area contributed by atoms with Crippen molar-refractivity contribution < 1.29 is 19.1 Å². The predicted octanol–water partition coefficient (Wildman–Crippen LogP) is 4.26. The summed E-state index contributed by atoms with van der Waals surface area (Å²) >= 11 is 1.56. The molecule has 29 heavy (non-hydrogen) atoms. The lowest BCUT2D eigenvalue weighted by Gasteiger charge is -2.10. The summed E-state index contributed by atoms with van der Waals surface area (Å²) in [5, 5.41) is 5.51. The van der Waals surface area contributed by atoms with Crippen LogP contribution in [0.4, 0.5) is 11.4 Å². The highest BCUT2D eigenvalue weighted by Gasteiger charge is 2.17. The minimum Gasteiger partial charge on any atom is -0.452 e. The van der Waals surface area contributed by atoms with E-state index in [1.807, 2.05) is 24.3 Å². The van der Waals surface area contributed by atoms with E-state index < -0.39 is 11.9 Å². The molecule has 2 aromatic carbocycles. The highest BCUT2D eigenvalue weighted by Crippen LogP contribution is 2.31. The number of benzene rings is 2. The summed E-state index contributed by atoms with van der Waals surface area (Å²) in [4.78, 5) is 37.0. The Morgan fingerprint density at radius 2 is 1.97 bits per heavy atom. The zero-order valence-electron chi connectivity index (χ0n) is 16.3. The molecule has 2 amide bonds. The largest absolute Gasteiger partial charge is 0.452 e. The molecule has 152 valence electrons. The number of rotatable bonds is 7. The molecule has 0 unspecified atom stereocenters. The molecule has 2 aromatic rings. The third-order valence-electron chi connectivity index (χ3n) is 4.47. The van der Waals surface area contributed by atoms with Crippen LogP contribution in [-0.2, 0) is 20.7 Å². The number of esters is 1. The third kappa shape index (κ3) is 6.09. The standard InChI is InChI=1S/C22H24N2O4S/c1-2-3-4-15-5-8-17(9-6-15)23-21(26)14-28-22(27)16-7-10-19-18(13-16)24-20(25)11-12-29-19/h5-10,13H,2-4,11-12,14H2,1H3,(H,23,26)(H,24,25). The second-order valence-corrected chi connectivity index (χ2v) is 7.92. The molecule has 0 saturated heterocycles. The predicted molar refractivity (Wildman–Crippen MR) is 114 cm³/mol. The van der Waals surface area contributed by atoms with Crippen LogP contribution in [0.25, 0.3) is 0 Å². The molecule has 0 atom stereocenters. The van der Waals surface area contributed by atoms with Gasteiger partial charge in [-0.15, -0.1) is 11.8 Å². The zero-order valence-corrected chi connectivity index (χ0v) is 17.1. The van der Waals surface area contributed by atoms with Gasteiger partial charge >= 0.3 is 5.97 Å². The lowest BCUT2D eigenvalue weighted by molar-refractivity contribution is -0.119. The maximum absolute atomic E-state index is 12.3. The fourth-order valence-electron chi connectivity index (χ4n) is 2.89. The maximum Gasteiger partial charge on any atom is 0.338 e. The molecule has 1 aliphatic heterocycles. The Bertz CT molecular complexity index is 896. The average Bonchev–Trinajstić information content (AvgIpc) is 2.91. The Balaban J connectivity index is 1.52. The first-order valence-electron chi connectivity index (χ1n) is 9.68. The number of anilines is 2. The molecular weight excluding hydrogens is 388 g/mol. The van der Waals surface area contributed by atoms with E-state index in [4.69, 9.17) is 4.74 Å². The van der Waals surface area contributed by atoms with Gasteiger partial charge in [0.15, 0.2) is 6.61 Å². The van der Waals surface area contributed by atoms with Crippen molar-refractivity contribution in [3.8, 4) is 0 Å². The Morgan fingerprint density at radius 3 is 2.72 bits per heavy atom. The molecule has 3 rings (SSSR count). The molecule has 0 aliphatic carbocycles. The maximum atomic E-state index is 12.3. The van der Waals surface area contributed by atoms with Crippen LogP contribution in [0.1, 0.15) is 42.1 Å². The Labute approximate surface area is 174 Å². The Kier molecular flexibility index (Phi) is 7.30. The van der Waals surface area contributed by atoms with Gasteiger partial charge in [-0.25, -0.2) is 4.79 Å². The van der Waals surface area contributed by atoms with Gasteiger partial charge in [-0.3, -0.25) is 9.59 Å². The normalized spacial score (nSPS) is 13.1. The fourth-order valence-corrected chi connectivity index (χ4v) is 3.83. The van der Waals surface area contributed by atoms with Crippen LogP contribution in [-0.4, -0.2) is 30.1 Å². The van der Waals surface area contributed by atoms with Crippen LogP contribution in [0.5, 0.6) is 0 Å². The summed E-state index contributed by atoms with van der Waals surface area (Å²) in [6.07, 6.45) is 3.72. The Morgan fingerprint density at radius 1 is 1.17 bits per heavy atom. The minimum atomic E-state index is -0.610. The van der Waals surface area contributed by atoms with E-state index in [0.717, 1.165) is 24.2 Å². The number of thioether (sulfide) groups is 1. The first-order valence-corrected chi connectivity index (χ1v) is 10.7. The highest BCUT2D eigenvalue weighted by molar-refractivity contribution is 7.99. The van der Waals surface area contributed by atoms with E-state index in [1.54, 1.807) is 30.0 Å². The molecule has 2 N–H and O–H groups in total. The number of fused-ring (bicyclic) bond motifs is 1.